The van der Waals surface area contributed by atoms with Gasteiger partial charge in [-0.1, -0.05) is 6.92 Å². The highest BCUT2D eigenvalue weighted by atomic mass is 19.1. The van der Waals surface area contributed by atoms with E-state index >= 15 is 0 Å². The van der Waals surface area contributed by atoms with Gasteiger partial charge in [0.2, 0.25) is 5.95 Å². The molecule has 2 bridgehead atoms. The van der Waals surface area contributed by atoms with Gasteiger partial charge in [-0.05, 0) is 55.9 Å². The fraction of sp³-hybridized carbons (Fsp3) is 0.409. The van der Waals surface area contributed by atoms with Crippen LogP contribution in [0.1, 0.15) is 32.6 Å². The molecule has 30 heavy (non-hydrogen) atoms. The lowest BCUT2D eigenvalue weighted by molar-refractivity contribution is 0.359. The number of H-pyrrole nitrogens is 1. The van der Waals surface area contributed by atoms with Crippen LogP contribution in [0.5, 0.6) is 5.75 Å². The van der Waals surface area contributed by atoms with Gasteiger partial charge in [0.05, 0.1) is 12.8 Å². The number of anilines is 3. The van der Waals surface area contributed by atoms with Gasteiger partial charge in [0.1, 0.15) is 5.82 Å². The van der Waals surface area contributed by atoms with Crippen molar-refractivity contribution in [2.45, 2.75) is 44.7 Å². The summed E-state index contributed by atoms with van der Waals surface area (Å²) in [7, 11) is 1.45. The van der Waals surface area contributed by atoms with Crippen molar-refractivity contribution in [3.63, 3.8) is 0 Å². The number of hydrogen-bond acceptors (Lipinski definition) is 6. The maximum atomic E-state index is 14.0. The molecule has 2 saturated heterocycles. The molecule has 3 aromatic rings. The second-order valence-electron chi connectivity index (χ2n) is 8.25. The van der Waals surface area contributed by atoms with E-state index < -0.39 is 5.82 Å². The van der Waals surface area contributed by atoms with E-state index in [2.05, 4.69) is 32.3 Å². The Kier molecular flexibility index (Phi) is 4.77. The third-order valence-electron chi connectivity index (χ3n) is 6.14. The smallest absolute Gasteiger partial charge is 0.227 e. The van der Waals surface area contributed by atoms with Crippen LogP contribution >= 0.6 is 0 Å². The highest BCUT2D eigenvalue weighted by Gasteiger charge is 2.40. The summed E-state index contributed by atoms with van der Waals surface area (Å²) in [5.74, 6) is 2.66. The molecule has 2 N–H and O–H groups in total. The minimum atomic E-state index is -0.412. The number of methoxy groups -OCH3 is 1. The Morgan fingerprint density at radius 2 is 1.93 bits per heavy atom. The Bertz CT molecular complexity index is 1040. The van der Waals surface area contributed by atoms with Crippen LogP contribution in [0.2, 0.25) is 0 Å². The molecule has 0 radical (unpaired) electrons. The van der Waals surface area contributed by atoms with Gasteiger partial charge in [0.25, 0.3) is 0 Å². The van der Waals surface area contributed by atoms with E-state index in [1.807, 2.05) is 12.1 Å². The molecule has 7 nitrogen and oxygen atoms in total. The number of fused-ring (bicyclic) bond motifs is 2. The number of aromatic amines is 1. The van der Waals surface area contributed by atoms with Crippen molar-refractivity contribution in [1.29, 1.82) is 0 Å². The Morgan fingerprint density at radius 3 is 2.67 bits per heavy atom. The lowest BCUT2D eigenvalue weighted by atomic mass is 9.93. The van der Waals surface area contributed by atoms with Crippen LogP contribution in [0.15, 0.2) is 36.5 Å². The van der Waals surface area contributed by atoms with Crippen LogP contribution in [0.4, 0.5) is 22.0 Å². The third-order valence-corrected chi connectivity index (χ3v) is 6.14. The van der Waals surface area contributed by atoms with Gasteiger partial charge >= 0.3 is 0 Å². The van der Waals surface area contributed by atoms with Crippen LogP contribution in [0.3, 0.4) is 0 Å². The molecule has 5 rings (SSSR count). The van der Waals surface area contributed by atoms with Gasteiger partial charge in [-0.3, -0.25) is 5.10 Å². The van der Waals surface area contributed by atoms with Crippen molar-refractivity contribution in [3.8, 4) is 17.0 Å². The number of hydrogen-bond donors (Lipinski definition) is 2. The predicted molar refractivity (Wildman–Crippen MR) is 114 cm³/mol. The molecule has 0 amide bonds. The van der Waals surface area contributed by atoms with Crippen molar-refractivity contribution in [3.05, 3.63) is 42.3 Å². The first-order chi connectivity index (χ1) is 14.6. The van der Waals surface area contributed by atoms with Crippen molar-refractivity contribution in [1.82, 2.24) is 20.2 Å². The first-order valence-corrected chi connectivity index (χ1v) is 10.4. The van der Waals surface area contributed by atoms with Crippen molar-refractivity contribution in [2.24, 2.45) is 5.92 Å². The summed E-state index contributed by atoms with van der Waals surface area (Å²) < 4.78 is 19.0. The Hall–Kier alpha value is -3.16. The number of benzene rings is 1. The van der Waals surface area contributed by atoms with Gasteiger partial charge in [-0.15, -0.1) is 0 Å². The fourth-order valence-corrected chi connectivity index (χ4v) is 4.82. The van der Waals surface area contributed by atoms with Crippen LogP contribution < -0.4 is 15.0 Å². The summed E-state index contributed by atoms with van der Waals surface area (Å²) in [5, 5.41) is 10.5. The summed E-state index contributed by atoms with van der Waals surface area (Å²) >= 11 is 0. The number of nitrogens with zero attached hydrogens (tertiary/aromatic N) is 4. The molecular weight excluding hydrogens is 383 g/mol. The van der Waals surface area contributed by atoms with Gasteiger partial charge in [-0.2, -0.15) is 10.1 Å². The molecule has 2 aromatic heterocycles. The largest absolute Gasteiger partial charge is 0.494 e. The molecular formula is C22H25FN6O. The van der Waals surface area contributed by atoms with E-state index in [9.17, 15) is 4.39 Å². The molecule has 2 unspecified atom stereocenters. The molecule has 0 saturated carbocycles. The van der Waals surface area contributed by atoms with E-state index in [1.165, 1.54) is 38.9 Å². The number of ether oxygens (including phenoxy) is 1. The topological polar surface area (TPSA) is 79.0 Å². The molecule has 156 valence electrons. The number of rotatable bonds is 5. The van der Waals surface area contributed by atoms with Crippen LogP contribution in [-0.4, -0.2) is 39.4 Å². The molecule has 0 spiro atoms. The van der Waals surface area contributed by atoms with Crippen LogP contribution in [0, 0.1) is 11.7 Å². The molecule has 4 heterocycles. The first-order valence-electron chi connectivity index (χ1n) is 10.4. The second-order valence-corrected chi connectivity index (χ2v) is 8.25. The van der Waals surface area contributed by atoms with E-state index in [4.69, 9.17) is 9.72 Å². The molecule has 2 aliphatic rings. The minimum Gasteiger partial charge on any atom is -0.494 e. The number of nitrogens with one attached hydrogen (secondary N) is 2. The van der Waals surface area contributed by atoms with Crippen molar-refractivity contribution >= 4 is 17.6 Å². The summed E-state index contributed by atoms with van der Waals surface area (Å²) in [6.07, 6.45) is 6.64. The summed E-state index contributed by atoms with van der Waals surface area (Å²) in [4.78, 5) is 11.7. The number of aromatic nitrogens is 4. The maximum absolute atomic E-state index is 14.0. The Labute approximate surface area is 174 Å². The van der Waals surface area contributed by atoms with Gasteiger partial charge in [0.15, 0.2) is 17.4 Å². The maximum Gasteiger partial charge on any atom is 0.227 e. The average Bonchev–Trinajstić information content (AvgIpc) is 3.31. The van der Waals surface area contributed by atoms with Gasteiger partial charge < -0.3 is 15.0 Å². The molecule has 1 aromatic carbocycles. The van der Waals surface area contributed by atoms with Gasteiger partial charge in [0, 0.05) is 29.9 Å². The minimum absolute atomic E-state index is 0.214. The first kappa shape index (κ1) is 18.8. The molecule has 2 atom stereocenters. The molecule has 8 heteroatoms. The molecule has 2 fully saturated rings. The highest BCUT2D eigenvalue weighted by Crippen LogP contribution is 2.40. The zero-order valence-electron chi connectivity index (χ0n) is 17.1. The zero-order chi connectivity index (χ0) is 20.7. The lowest BCUT2D eigenvalue weighted by Gasteiger charge is -2.37. The fourth-order valence-electron chi connectivity index (χ4n) is 4.82. The quantitative estimate of drug-likeness (QED) is 0.646. The average molecular weight is 408 g/mol. The van der Waals surface area contributed by atoms with E-state index in [-0.39, 0.29) is 5.75 Å². The van der Waals surface area contributed by atoms with E-state index in [1.54, 1.807) is 18.3 Å². The normalized spacial score (nSPS) is 22.9. The van der Waals surface area contributed by atoms with E-state index in [0.717, 1.165) is 11.9 Å². The SMILES string of the molecule is COc1ccc(-c2cc(Nc3ccnc(N4C5CCC4CC(C)C5)n3)n[nH]2)cc1F. The Balaban J connectivity index is 1.34. The zero-order valence-corrected chi connectivity index (χ0v) is 17.1. The van der Waals surface area contributed by atoms with Crippen molar-refractivity contribution < 1.29 is 9.13 Å². The highest BCUT2D eigenvalue weighted by molar-refractivity contribution is 5.66. The summed E-state index contributed by atoms with van der Waals surface area (Å²) in [5.41, 5.74) is 1.40. The number of piperidine rings is 1. The summed E-state index contributed by atoms with van der Waals surface area (Å²) in [6, 6.07) is 9.55. The van der Waals surface area contributed by atoms with Crippen molar-refractivity contribution in [2.75, 3.05) is 17.3 Å². The molecule has 0 aliphatic carbocycles. The molecule has 2 aliphatic heterocycles. The summed E-state index contributed by atoms with van der Waals surface area (Å²) in [6.45, 7) is 2.34. The second kappa shape index (κ2) is 7.59. The monoisotopic (exact) mass is 408 g/mol. The van der Waals surface area contributed by atoms with Gasteiger partial charge in [-0.25, -0.2) is 9.37 Å². The Morgan fingerprint density at radius 1 is 1.13 bits per heavy atom. The third kappa shape index (κ3) is 3.46. The number of halogens is 1. The lowest BCUT2D eigenvalue weighted by Crippen LogP contribution is -2.43. The van der Waals surface area contributed by atoms with Crippen LogP contribution in [-0.2, 0) is 0 Å². The van der Waals surface area contributed by atoms with E-state index in [0.29, 0.717) is 35.0 Å². The standard InChI is InChI=1S/C22H25FN6O/c1-13-9-15-4-5-16(10-13)29(15)22-24-8-7-20(26-22)25-21-12-18(27-28-21)14-3-6-19(30-2)17(23)11-14/h3,6-8,11-13,15-16H,4-5,9-10H2,1-2H3,(H2,24,25,26,27,28). The van der Waals surface area contributed by atoms with Crippen LogP contribution in [0.25, 0.3) is 11.3 Å². The predicted octanol–water partition coefficient (Wildman–Crippen LogP) is 4.53.